The summed E-state index contributed by atoms with van der Waals surface area (Å²) >= 11 is 2.05. The van der Waals surface area contributed by atoms with Crippen LogP contribution >= 0.6 is 11.8 Å². The maximum absolute atomic E-state index is 8.79. The van der Waals surface area contributed by atoms with Gasteiger partial charge in [0, 0.05) is 17.5 Å². The van der Waals surface area contributed by atoms with Gasteiger partial charge < -0.3 is 11.1 Å². The maximum atomic E-state index is 8.79. The lowest BCUT2D eigenvalue weighted by atomic mass is 10.1. The molecule has 4 heteroatoms. The van der Waals surface area contributed by atoms with Crippen LogP contribution in [0.3, 0.4) is 0 Å². The summed E-state index contributed by atoms with van der Waals surface area (Å²) in [7, 11) is 0. The Morgan fingerprint density at radius 2 is 2.35 bits per heavy atom. The van der Waals surface area contributed by atoms with E-state index >= 15 is 0 Å². The third kappa shape index (κ3) is 3.31. The largest absolute Gasteiger partial charge is 0.398 e. The minimum Gasteiger partial charge on any atom is -0.398 e. The highest BCUT2D eigenvalue weighted by Gasteiger charge is 2.13. The maximum Gasteiger partial charge on any atom is 0.101 e. The summed E-state index contributed by atoms with van der Waals surface area (Å²) < 4.78 is 0. The zero-order chi connectivity index (χ0) is 12.1. The zero-order valence-corrected chi connectivity index (χ0v) is 10.6. The minimum absolute atomic E-state index is 0.544. The minimum atomic E-state index is 0.544. The summed E-state index contributed by atoms with van der Waals surface area (Å²) in [6.07, 6.45) is 3.99. The number of nitrogens with zero attached hydrogens (tertiary/aromatic N) is 1. The number of nitrogen functional groups attached to an aromatic ring is 1. The van der Waals surface area contributed by atoms with Crippen molar-refractivity contribution in [3.05, 3.63) is 23.8 Å². The highest BCUT2D eigenvalue weighted by atomic mass is 32.2. The van der Waals surface area contributed by atoms with Crippen molar-refractivity contribution >= 4 is 23.1 Å². The Bertz CT molecular complexity index is 419. The van der Waals surface area contributed by atoms with Gasteiger partial charge in [0.25, 0.3) is 0 Å². The van der Waals surface area contributed by atoms with Crippen LogP contribution in [-0.2, 0) is 0 Å². The predicted octanol–water partition coefficient (Wildman–Crippen LogP) is 2.84. The molecule has 0 aliphatic carbocycles. The van der Waals surface area contributed by atoms with Crippen LogP contribution < -0.4 is 11.1 Å². The van der Waals surface area contributed by atoms with Gasteiger partial charge in [-0.3, -0.25) is 0 Å². The van der Waals surface area contributed by atoms with Crippen LogP contribution in [-0.4, -0.2) is 17.5 Å². The second kappa shape index (κ2) is 5.83. The molecule has 1 aromatic rings. The Balaban J connectivity index is 1.90. The Morgan fingerprint density at radius 1 is 1.47 bits per heavy atom. The van der Waals surface area contributed by atoms with Crippen LogP contribution in [0.2, 0.25) is 0 Å². The third-order valence-corrected chi connectivity index (χ3v) is 4.38. The average Bonchev–Trinajstić information content (AvgIpc) is 2.38. The number of hydrogen-bond donors (Lipinski definition) is 2. The van der Waals surface area contributed by atoms with Gasteiger partial charge in [-0.1, -0.05) is 6.42 Å². The Kier molecular flexibility index (Phi) is 4.16. The number of thioether (sulfide) groups is 1. The van der Waals surface area contributed by atoms with Crippen LogP contribution in [0.25, 0.3) is 0 Å². The van der Waals surface area contributed by atoms with E-state index in [4.69, 9.17) is 11.0 Å². The molecule has 1 atom stereocenters. The first-order chi connectivity index (χ1) is 8.29. The van der Waals surface area contributed by atoms with E-state index in [0.29, 0.717) is 16.5 Å². The van der Waals surface area contributed by atoms with Crippen LogP contribution in [0.15, 0.2) is 18.2 Å². The monoisotopic (exact) mass is 247 g/mol. The smallest absolute Gasteiger partial charge is 0.101 e. The van der Waals surface area contributed by atoms with Crippen molar-refractivity contribution in [3.8, 4) is 6.07 Å². The zero-order valence-electron chi connectivity index (χ0n) is 9.78. The average molecular weight is 247 g/mol. The van der Waals surface area contributed by atoms with E-state index in [1.54, 1.807) is 6.07 Å². The fourth-order valence-corrected chi connectivity index (χ4v) is 3.21. The molecule has 1 fully saturated rings. The fraction of sp³-hybridized carbons (Fsp3) is 0.462. The molecule has 0 amide bonds. The van der Waals surface area contributed by atoms with E-state index in [1.165, 1.54) is 25.0 Å². The number of hydrogen-bond acceptors (Lipinski definition) is 4. The fourth-order valence-electron chi connectivity index (χ4n) is 1.97. The van der Waals surface area contributed by atoms with Crippen molar-refractivity contribution in [2.24, 2.45) is 0 Å². The lowest BCUT2D eigenvalue weighted by Crippen LogP contribution is -2.20. The van der Waals surface area contributed by atoms with Gasteiger partial charge in [0.15, 0.2) is 0 Å². The molecule has 1 aliphatic heterocycles. The number of anilines is 2. The van der Waals surface area contributed by atoms with Gasteiger partial charge in [0.2, 0.25) is 0 Å². The summed E-state index contributed by atoms with van der Waals surface area (Å²) in [5.41, 5.74) is 7.87. The van der Waals surface area contributed by atoms with E-state index in [0.717, 1.165) is 12.2 Å². The van der Waals surface area contributed by atoms with Crippen molar-refractivity contribution in [1.82, 2.24) is 0 Å². The van der Waals surface area contributed by atoms with Crippen LogP contribution in [0.1, 0.15) is 24.8 Å². The summed E-state index contributed by atoms with van der Waals surface area (Å²) in [4.78, 5) is 0. The summed E-state index contributed by atoms with van der Waals surface area (Å²) in [6, 6.07) is 7.60. The molecule has 1 aromatic carbocycles. The van der Waals surface area contributed by atoms with Gasteiger partial charge in [-0.25, -0.2) is 0 Å². The molecule has 1 unspecified atom stereocenters. The van der Waals surface area contributed by atoms with Crippen molar-refractivity contribution in [3.63, 3.8) is 0 Å². The molecule has 1 aliphatic rings. The lowest BCUT2D eigenvalue weighted by molar-refractivity contribution is 0.677. The molecule has 17 heavy (non-hydrogen) atoms. The molecule has 3 nitrogen and oxygen atoms in total. The molecule has 90 valence electrons. The van der Waals surface area contributed by atoms with Crippen molar-refractivity contribution in [2.75, 3.05) is 23.3 Å². The van der Waals surface area contributed by atoms with E-state index in [9.17, 15) is 0 Å². The highest BCUT2D eigenvalue weighted by molar-refractivity contribution is 7.99. The number of benzene rings is 1. The summed E-state index contributed by atoms with van der Waals surface area (Å²) in [5, 5.41) is 12.9. The molecular weight excluding hydrogens is 230 g/mol. The molecule has 1 heterocycles. The summed E-state index contributed by atoms with van der Waals surface area (Å²) in [5.74, 6) is 1.28. The molecule has 3 N–H and O–H groups in total. The van der Waals surface area contributed by atoms with Crippen molar-refractivity contribution in [2.45, 2.75) is 24.5 Å². The lowest BCUT2D eigenvalue weighted by Gasteiger charge is -2.22. The molecule has 0 bridgehead atoms. The first-order valence-electron chi connectivity index (χ1n) is 5.94. The first kappa shape index (κ1) is 12.1. The van der Waals surface area contributed by atoms with Gasteiger partial charge >= 0.3 is 0 Å². The number of nitrogens with two attached hydrogens (primary N) is 1. The van der Waals surface area contributed by atoms with E-state index in [-0.39, 0.29) is 0 Å². The van der Waals surface area contributed by atoms with E-state index in [1.807, 2.05) is 23.9 Å². The van der Waals surface area contributed by atoms with Crippen LogP contribution in [0, 0.1) is 11.3 Å². The van der Waals surface area contributed by atoms with Gasteiger partial charge in [-0.05, 0) is 36.8 Å². The van der Waals surface area contributed by atoms with Crippen LogP contribution in [0.5, 0.6) is 0 Å². The molecule has 0 aromatic heterocycles. The molecule has 2 rings (SSSR count). The Hall–Kier alpha value is -1.34. The second-order valence-electron chi connectivity index (χ2n) is 4.28. The Morgan fingerprint density at radius 3 is 3.00 bits per heavy atom. The third-order valence-electron chi connectivity index (χ3n) is 2.98. The molecule has 0 saturated carbocycles. The summed E-state index contributed by atoms with van der Waals surface area (Å²) in [6.45, 7) is 0.982. The predicted molar refractivity (Wildman–Crippen MR) is 74.2 cm³/mol. The normalized spacial score (nSPS) is 19.6. The number of rotatable bonds is 3. The first-order valence-corrected chi connectivity index (χ1v) is 6.99. The second-order valence-corrected chi connectivity index (χ2v) is 5.69. The molecule has 0 spiro atoms. The quantitative estimate of drug-likeness (QED) is 0.806. The Labute approximate surface area is 106 Å². The molecule has 1 saturated heterocycles. The van der Waals surface area contributed by atoms with E-state index < -0.39 is 0 Å². The highest BCUT2D eigenvalue weighted by Crippen LogP contribution is 2.25. The van der Waals surface area contributed by atoms with Crippen molar-refractivity contribution in [1.29, 1.82) is 5.26 Å². The van der Waals surface area contributed by atoms with E-state index in [2.05, 4.69) is 11.4 Å². The SMILES string of the molecule is N#Cc1ccc(NCC2CCCCS2)cc1N. The van der Waals surface area contributed by atoms with Crippen molar-refractivity contribution < 1.29 is 0 Å². The van der Waals surface area contributed by atoms with Gasteiger partial charge in [0.05, 0.1) is 11.3 Å². The van der Waals surface area contributed by atoms with Gasteiger partial charge in [0.1, 0.15) is 6.07 Å². The van der Waals surface area contributed by atoms with Gasteiger partial charge in [-0.15, -0.1) is 0 Å². The number of nitriles is 1. The number of nitrogens with one attached hydrogen (secondary N) is 1. The standard InChI is InChI=1S/C13H17N3S/c14-8-10-4-5-11(7-13(10)15)16-9-12-3-1-2-6-17-12/h4-5,7,12,16H,1-3,6,9,15H2. The van der Waals surface area contributed by atoms with Gasteiger partial charge in [-0.2, -0.15) is 17.0 Å². The topological polar surface area (TPSA) is 61.8 Å². The molecular formula is C13H17N3S. The van der Waals surface area contributed by atoms with Crippen LogP contribution in [0.4, 0.5) is 11.4 Å². The molecule has 0 radical (unpaired) electrons.